The summed E-state index contributed by atoms with van der Waals surface area (Å²) < 4.78 is 31.9. The summed E-state index contributed by atoms with van der Waals surface area (Å²) in [5.74, 6) is -3.73. The van der Waals surface area contributed by atoms with E-state index in [1.54, 1.807) is 0 Å². The first-order valence-electron chi connectivity index (χ1n) is 8.37. The van der Waals surface area contributed by atoms with Crippen LogP contribution in [0.25, 0.3) is 0 Å². The zero-order valence-electron chi connectivity index (χ0n) is 14.5. The van der Waals surface area contributed by atoms with Gasteiger partial charge in [-0.2, -0.15) is 0 Å². The highest BCUT2D eigenvalue weighted by atomic mass is 35.5. The predicted molar refractivity (Wildman–Crippen MR) is 98.3 cm³/mol. The number of para-hydroxylation sites is 1. The van der Waals surface area contributed by atoms with Crippen LogP contribution < -0.4 is 10.2 Å². The lowest BCUT2D eigenvalue weighted by Crippen LogP contribution is -2.25. The number of nitrogens with zero attached hydrogens (tertiary/aromatic N) is 1. The molecule has 1 aliphatic rings. The molecular weight excluding hydrogens is 394 g/mol. The molecular formula is C19H15ClF2N2O4. The highest BCUT2D eigenvalue weighted by molar-refractivity contribution is 6.34. The summed E-state index contributed by atoms with van der Waals surface area (Å²) in [6, 6.07) is 7.38. The molecule has 0 unspecified atom stereocenters. The number of hydrogen-bond acceptors (Lipinski definition) is 4. The summed E-state index contributed by atoms with van der Waals surface area (Å²) >= 11 is 6.11. The van der Waals surface area contributed by atoms with Gasteiger partial charge in [0.05, 0.1) is 16.3 Å². The van der Waals surface area contributed by atoms with Crippen molar-refractivity contribution in [1.29, 1.82) is 0 Å². The molecule has 2 aromatic carbocycles. The fraction of sp³-hybridized carbons (Fsp3) is 0.211. The Morgan fingerprint density at radius 3 is 2.54 bits per heavy atom. The molecule has 0 atom stereocenters. The van der Waals surface area contributed by atoms with Gasteiger partial charge < -0.3 is 15.0 Å². The van der Waals surface area contributed by atoms with Gasteiger partial charge in [0, 0.05) is 13.0 Å². The van der Waals surface area contributed by atoms with E-state index in [4.69, 9.17) is 16.3 Å². The van der Waals surface area contributed by atoms with Crippen molar-refractivity contribution in [2.45, 2.75) is 12.8 Å². The molecule has 0 radical (unpaired) electrons. The first-order chi connectivity index (χ1) is 13.4. The van der Waals surface area contributed by atoms with Crippen LogP contribution in [0.1, 0.15) is 23.2 Å². The maximum absolute atomic E-state index is 13.5. The second-order valence-corrected chi connectivity index (χ2v) is 6.44. The van der Waals surface area contributed by atoms with Crippen LogP contribution in [-0.2, 0) is 14.3 Å². The van der Waals surface area contributed by atoms with Crippen molar-refractivity contribution in [2.75, 3.05) is 23.4 Å². The molecule has 3 rings (SSSR count). The average molecular weight is 409 g/mol. The lowest BCUT2D eigenvalue weighted by atomic mass is 10.2. The maximum atomic E-state index is 13.5. The molecule has 0 aliphatic carbocycles. The number of carbonyl (C=O) groups is 3. The minimum Gasteiger partial charge on any atom is -0.452 e. The highest BCUT2D eigenvalue weighted by Gasteiger charge is 2.25. The van der Waals surface area contributed by atoms with E-state index in [1.165, 1.54) is 23.1 Å². The van der Waals surface area contributed by atoms with Crippen molar-refractivity contribution >= 4 is 40.8 Å². The molecule has 9 heteroatoms. The number of rotatable bonds is 5. The van der Waals surface area contributed by atoms with Gasteiger partial charge in [-0.05, 0) is 36.8 Å². The van der Waals surface area contributed by atoms with Crippen LogP contribution in [0.2, 0.25) is 5.02 Å². The quantitative estimate of drug-likeness (QED) is 0.768. The number of esters is 1. The lowest BCUT2D eigenvalue weighted by Gasteiger charge is -2.18. The zero-order chi connectivity index (χ0) is 20.3. The van der Waals surface area contributed by atoms with E-state index >= 15 is 0 Å². The Balaban J connectivity index is 1.65. The molecule has 1 saturated heterocycles. The third-order valence-electron chi connectivity index (χ3n) is 4.11. The number of nitrogens with one attached hydrogen (secondary N) is 1. The smallest absolute Gasteiger partial charge is 0.338 e. The van der Waals surface area contributed by atoms with Crippen LogP contribution in [-0.4, -0.2) is 30.9 Å². The second kappa shape index (κ2) is 8.35. The van der Waals surface area contributed by atoms with Crippen molar-refractivity contribution in [3.63, 3.8) is 0 Å². The van der Waals surface area contributed by atoms with Crippen LogP contribution in [0, 0.1) is 11.6 Å². The molecule has 28 heavy (non-hydrogen) atoms. The summed E-state index contributed by atoms with van der Waals surface area (Å²) in [7, 11) is 0. The molecule has 1 heterocycles. The van der Waals surface area contributed by atoms with Gasteiger partial charge in [0.2, 0.25) is 5.91 Å². The van der Waals surface area contributed by atoms with Crippen molar-refractivity contribution in [3.8, 4) is 0 Å². The maximum Gasteiger partial charge on any atom is 0.338 e. The number of amides is 2. The van der Waals surface area contributed by atoms with Gasteiger partial charge in [-0.15, -0.1) is 0 Å². The zero-order valence-corrected chi connectivity index (χ0v) is 15.3. The molecule has 1 fully saturated rings. The number of anilines is 2. The molecule has 0 bridgehead atoms. The van der Waals surface area contributed by atoms with Crippen molar-refractivity contribution in [2.24, 2.45) is 0 Å². The topological polar surface area (TPSA) is 75.7 Å². The standard InChI is InChI=1S/C19H15ClF2N2O4/c20-12-7-6-11(9-15(12)24-8-2-5-17(24)26)19(27)28-10-16(25)23-18-13(21)3-1-4-14(18)22/h1,3-4,6-7,9H,2,5,8,10H2,(H,23,25). The van der Waals surface area contributed by atoms with Crippen molar-refractivity contribution in [3.05, 3.63) is 58.6 Å². The van der Waals surface area contributed by atoms with E-state index in [0.717, 1.165) is 18.2 Å². The third kappa shape index (κ3) is 4.28. The first-order valence-corrected chi connectivity index (χ1v) is 8.75. The minimum atomic E-state index is -0.947. The monoisotopic (exact) mass is 408 g/mol. The Labute approximate surface area is 164 Å². The number of benzene rings is 2. The predicted octanol–water partition coefficient (Wildman–Crippen LogP) is 3.54. The SMILES string of the molecule is O=C(COC(=O)c1ccc(Cl)c(N2CCCC2=O)c1)Nc1c(F)cccc1F. The van der Waals surface area contributed by atoms with Crippen LogP contribution in [0.5, 0.6) is 0 Å². The van der Waals surface area contributed by atoms with Crippen LogP contribution >= 0.6 is 11.6 Å². The largest absolute Gasteiger partial charge is 0.452 e. The van der Waals surface area contributed by atoms with E-state index in [2.05, 4.69) is 0 Å². The highest BCUT2D eigenvalue weighted by Crippen LogP contribution is 2.30. The number of halogens is 3. The van der Waals surface area contributed by atoms with Crippen LogP contribution in [0.3, 0.4) is 0 Å². The van der Waals surface area contributed by atoms with Crippen molar-refractivity contribution in [1.82, 2.24) is 0 Å². The Morgan fingerprint density at radius 2 is 1.89 bits per heavy atom. The van der Waals surface area contributed by atoms with Gasteiger partial charge in [-0.1, -0.05) is 17.7 Å². The third-order valence-corrected chi connectivity index (χ3v) is 4.43. The van der Waals surface area contributed by atoms with Crippen molar-refractivity contribution < 1.29 is 27.9 Å². The summed E-state index contributed by atoms with van der Waals surface area (Å²) in [6.07, 6.45) is 1.09. The van der Waals surface area contributed by atoms with Crippen LogP contribution in [0.15, 0.2) is 36.4 Å². The summed E-state index contributed by atoms with van der Waals surface area (Å²) in [6.45, 7) is -0.249. The summed E-state index contributed by atoms with van der Waals surface area (Å²) in [4.78, 5) is 37.4. The second-order valence-electron chi connectivity index (χ2n) is 6.04. The van der Waals surface area contributed by atoms with Gasteiger partial charge in [-0.25, -0.2) is 13.6 Å². The fourth-order valence-corrected chi connectivity index (χ4v) is 2.98. The van der Waals surface area contributed by atoms with E-state index < -0.39 is 35.8 Å². The molecule has 6 nitrogen and oxygen atoms in total. The van der Waals surface area contributed by atoms with Gasteiger partial charge in [0.25, 0.3) is 5.91 Å². The minimum absolute atomic E-state index is 0.0870. The normalized spacial score (nSPS) is 13.5. The molecule has 2 amide bonds. The fourth-order valence-electron chi connectivity index (χ4n) is 2.76. The molecule has 0 aromatic heterocycles. The lowest BCUT2D eigenvalue weighted by molar-refractivity contribution is -0.119. The Morgan fingerprint density at radius 1 is 1.18 bits per heavy atom. The number of hydrogen-bond donors (Lipinski definition) is 1. The van der Waals surface area contributed by atoms with Gasteiger partial charge in [0.1, 0.15) is 17.3 Å². The van der Waals surface area contributed by atoms with E-state index in [0.29, 0.717) is 30.1 Å². The number of carbonyl (C=O) groups excluding carboxylic acids is 3. The van der Waals surface area contributed by atoms with Gasteiger partial charge >= 0.3 is 5.97 Å². The Bertz CT molecular complexity index is 931. The van der Waals surface area contributed by atoms with E-state index in [9.17, 15) is 23.2 Å². The van der Waals surface area contributed by atoms with Gasteiger partial charge in [0.15, 0.2) is 6.61 Å². The molecule has 1 N–H and O–H groups in total. The number of ether oxygens (including phenoxy) is 1. The molecule has 1 aliphatic heterocycles. The molecule has 2 aromatic rings. The Hall–Kier alpha value is -3.00. The molecule has 0 saturated carbocycles. The molecule has 0 spiro atoms. The first kappa shape index (κ1) is 19.8. The average Bonchev–Trinajstić information content (AvgIpc) is 3.09. The van der Waals surface area contributed by atoms with E-state index in [-0.39, 0.29) is 11.5 Å². The molecule has 146 valence electrons. The van der Waals surface area contributed by atoms with E-state index in [1.807, 2.05) is 5.32 Å². The summed E-state index contributed by atoms with van der Waals surface area (Å²) in [5, 5.41) is 2.32. The van der Waals surface area contributed by atoms with Crippen LogP contribution in [0.4, 0.5) is 20.2 Å². The van der Waals surface area contributed by atoms with Gasteiger partial charge in [-0.3, -0.25) is 9.59 Å². The summed E-state index contributed by atoms with van der Waals surface area (Å²) in [5.41, 5.74) is -0.148. The Kier molecular flexibility index (Phi) is 5.89.